The molecule has 0 bridgehead atoms. The second kappa shape index (κ2) is 5.30. The first-order valence-electron chi connectivity index (χ1n) is 4.65. The van der Waals surface area contributed by atoms with E-state index in [9.17, 15) is 12.8 Å². The Kier molecular flexibility index (Phi) is 4.03. The third kappa shape index (κ3) is 3.30. The van der Waals surface area contributed by atoms with Crippen molar-refractivity contribution in [3.63, 3.8) is 0 Å². The van der Waals surface area contributed by atoms with Gasteiger partial charge in [0.2, 0.25) is 0 Å². The molecule has 0 saturated heterocycles. The zero-order valence-corrected chi connectivity index (χ0v) is 10.1. The van der Waals surface area contributed by atoms with Gasteiger partial charge in [-0.15, -0.1) is 0 Å². The van der Waals surface area contributed by atoms with Gasteiger partial charge in [0, 0.05) is 12.5 Å². The second-order valence-electron chi connectivity index (χ2n) is 3.34. The van der Waals surface area contributed by atoms with Crippen molar-refractivity contribution in [2.45, 2.75) is 4.90 Å². The minimum Gasteiger partial charge on any atom is -0.359 e. The maximum absolute atomic E-state index is 13.0. The lowest BCUT2D eigenvalue weighted by Crippen LogP contribution is -2.03. The summed E-state index contributed by atoms with van der Waals surface area (Å²) in [6.45, 7) is 0. The zero-order valence-electron chi connectivity index (χ0n) is 9.31. The molecule has 1 N–H and O–H groups in total. The van der Waals surface area contributed by atoms with E-state index >= 15 is 0 Å². The Morgan fingerprint density at radius 2 is 2.00 bits per heavy atom. The van der Waals surface area contributed by atoms with E-state index in [-0.39, 0.29) is 16.2 Å². The fraction of sp³-hybridized carbons (Fsp3) is 0.0909. The predicted molar refractivity (Wildman–Crippen MR) is 62.4 cm³/mol. The molecule has 0 fully saturated rings. The van der Waals surface area contributed by atoms with Crippen LogP contribution in [0, 0.1) is 28.5 Å². The van der Waals surface area contributed by atoms with E-state index < -0.39 is 15.7 Å². The van der Waals surface area contributed by atoms with E-state index in [2.05, 4.69) is 5.32 Å². The monoisotopic (exact) mass is 265 g/mol. The molecule has 1 rings (SSSR count). The first-order chi connectivity index (χ1) is 8.38. The predicted octanol–water partition coefficient (Wildman–Crippen LogP) is 1.57. The Morgan fingerprint density at radius 1 is 1.39 bits per heavy atom. The molecule has 0 aliphatic heterocycles. The third-order valence-corrected chi connectivity index (χ3v) is 3.11. The van der Waals surface area contributed by atoms with Crippen molar-refractivity contribution in [2.75, 3.05) is 11.6 Å². The molecule has 0 aromatic heterocycles. The van der Waals surface area contributed by atoms with Gasteiger partial charge in [0.25, 0.3) is 0 Å². The molecule has 0 unspecified atom stereocenters. The highest BCUT2D eigenvalue weighted by Gasteiger charge is 2.13. The van der Waals surface area contributed by atoms with Crippen LogP contribution in [0.15, 0.2) is 34.9 Å². The molecule has 0 atom stereocenters. The SMILES string of the molecule is CS(=O)(=O)c1ccc(F)cc1NC=C(C#N)C#N. The molecule has 18 heavy (non-hydrogen) atoms. The molecule has 0 heterocycles. The average molecular weight is 265 g/mol. The van der Waals surface area contributed by atoms with E-state index in [0.717, 1.165) is 30.7 Å². The van der Waals surface area contributed by atoms with Crippen molar-refractivity contribution in [3.8, 4) is 12.1 Å². The van der Waals surface area contributed by atoms with Crippen molar-refractivity contribution in [2.24, 2.45) is 0 Å². The zero-order chi connectivity index (χ0) is 13.8. The molecule has 7 heteroatoms. The number of rotatable bonds is 3. The third-order valence-electron chi connectivity index (χ3n) is 1.95. The number of sulfone groups is 1. The molecule has 0 saturated carbocycles. The van der Waals surface area contributed by atoms with E-state index in [0.29, 0.717) is 0 Å². The number of nitrogens with zero attached hydrogens (tertiary/aromatic N) is 2. The van der Waals surface area contributed by atoms with Gasteiger partial charge in [-0.25, -0.2) is 12.8 Å². The summed E-state index contributed by atoms with van der Waals surface area (Å²) in [4.78, 5) is -0.115. The smallest absolute Gasteiger partial charge is 0.177 e. The van der Waals surface area contributed by atoms with Crippen LogP contribution in [0.2, 0.25) is 0 Å². The largest absolute Gasteiger partial charge is 0.359 e. The molecule has 0 aliphatic rings. The van der Waals surface area contributed by atoms with Gasteiger partial charge in [0.1, 0.15) is 23.5 Å². The van der Waals surface area contributed by atoms with Crippen molar-refractivity contribution < 1.29 is 12.8 Å². The summed E-state index contributed by atoms with van der Waals surface area (Å²) in [7, 11) is -3.54. The van der Waals surface area contributed by atoms with Gasteiger partial charge in [-0.1, -0.05) is 0 Å². The standard InChI is InChI=1S/C11H8FN3O2S/c1-18(16,17)11-3-2-9(12)4-10(11)15-7-8(5-13)6-14/h2-4,7,15H,1H3. The summed E-state index contributed by atoms with van der Waals surface area (Å²) in [5, 5.41) is 19.5. The number of nitrogens with one attached hydrogen (secondary N) is 1. The van der Waals surface area contributed by atoms with Crippen LogP contribution in [0.3, 0.4) is 0 Å². The number of allylic oxidation sites excluding steroid dienone is 1. The summed E-state index contributed by atoms with van der Waals surface area (Å²) in [5.41, 5.74) is -0.279. The normalized spacial score (nSPS) is 10.0. The fourth-order valence-electron chi connectivity index (χ4n) is 1.18. The average Bonchev–Trinajstić information content (AvgIpc) is 2.28. The van der Waals surface area contributed by atoms with Crippen LogP contribution in [0.25, 0.3) is 0 Å². The molecule has 5 nitrogen and oxygen atoms in total. The Balaban J connectivity index is 3.26. The van der Waals surface area contributed by atoms with Crippen molar-refractivity contribution in [3.05, 3.63) is 35.8 Å². The van der Waals surface area contributed by atoms with Gasteiger partial charge < -0.3 is 5.32 Å². The fourth-order valence-corrected chi connectivity index (χ4v) is 2.01. The Bertz CT molecular complexity index is 665. The number of benzene rings is 1. The van der Waals surface area contributed by atoms with Crippen molar-refractivity contribution in [1.29, 1.82) is 10.5 Å². The Morgan fingerprint density at radius 3 is 2.50 bits per heavy atom. The number of hydrogen-bond acceptors (Lipinski definition) is 5. The maximum Gasteiger partial charge on any atom is 0.177 e. The van der Waals surface area contributed by atoms with Gasteiger partial charge in [-0.05, 0) is 18.2 Å². The van der Waals surface area contributed by atoms with Crippen LogP contribution in [0.1, 0.15) is 0 Å². The van der Waals surface area contributed by atoms with Crippen molar-refractivity contribution >= 4 is 15.5 Å². The van der Waals surface area contributed by atoms with E-state index in [1.807, 2.05) is 0 Å². The molecule has 0 spiro atoms. The summed E-state index contributed by atoms with van der Waals surface area (Å²) < 4.78 is 35.9. The minimum atomic E-state index is -3.54. The number of halogens is 1. The molecule has 1 aromatic rings. The molecule has 0 aliphatic carbocycles. The lowest BCUT2D eigenvalue weighted by Gasteiger charge is -2.07. The van der Waals surface area contributed by atoms with E-state index in [4.69, 9.17) is 10.5 Å². The van der Waals surface area contributed by atoms with Gasteiger partial charge >= 0.3 is 0 Å². The summed E-state index contributed by atoms with van der Waals surface area (Å²) in [5.74, 6) is -0.631. The highest BCUT2D eigenvalue weighted by atomic mass is 32.2. The van der Waals surface area contributed by atoms with Gasteiger partial charge in [0.05, 0.1) is 10.6 Å². The maximum atomic E-state index is 13.0. The summed E-state index contributed by atoms with van der Waals surface area (Å²) in [6, 6.07) is 6.27. The van der Waals surface area contributed by atoms with Gasteiger partial charge in [0.15, 0.2) is 9.84 Å². The van der Waals surface area contributed by atoms with Crippen LogP contribution in [0.5, 0.6) is 0 Å². The van der Waals surface area contributed by atoms with Crippen LogP contribution in [-0.2, 0) is 9.84 Å². The van der Waals surface area contributed by atoms with Gasteiger partial charge in [-0.3, -0.25) is 0 Å². The molecule has 0 amide bonds. The lowest BCUT2D eigenvalue weighted by molar-refractivity contribution is 0.601. The van der Waals surface area contributed by atoms with Crippen molar-refractivity contribution in [1.82, 2.24) is 0 Å². The van der Waals surface area contributed by atoms with E-state index in [1.54, 1.807) is 12.1 Å². The highest BCUT2D eigenvalue weighted by Crippen LogP contribution is 2.22. The number of hydrogen-bond donors (Lipinski definition) is 1. The molecule has 0 radical (unpaired) electrons. The number of anilines is 1. The summed E-state index contributed by atoms with van der Waals surface area (Å²) in [6.07, 6.45) is 1.99. The minimum absolute atomic E-state index is 0.0273. The highest BCUT2D eigenvalue weighted by molar-refractivity contribution is 7.90. The Hall–Kier alpha value is -2.38. The first kappa shape index (κ1) is 13.7. The van der Waals surface area contributed by atoms with Crippen LogP contribution in [-0.4, -0.2) is 14.7 Å². The topological polar surface area (TPSA) is 93.8 Å². The Labute approximate surface area is 104 Å². The summed E-state index contributed by atoms with van der Waals surface area (Å²) >= 11 is 0. The number of nitriles is 2. The van der Waals surface area contributed by atoms with E-state index in [1.165, 1.54) is 0 Å². The molecule has 92 valence electrons. The molecular weight excluding hydrogens is 257 g/mol. The molecule has 1 aromatic carbocycles. The molecular formula is C11H8FN3O2S. The van der Waals surface area contributed by atoms with Gasteiger partial charge in [-0.2, -0.15) is 10.5 Å². The lowest BCUT2D eigenvalue weighted by atomic mass is 10.3. The first-order valence-corrected chi connectivity index (χ1v) is 6.54. The van der Waals surface area contributed by atoms with Crippen LogP contribution < -0.4 is 5.32 Å². The van der Waals surface area contributed by atoms with Crippen LogP contribution >= 0.6 is 0 Å². The second-order valence-corrected chi connectivity index (χ2v) is 5.32. The van der Waals surface area contributed by atoms with Crippen LogP contribution in [0.4, 0.5) is 10.1 Å². The quantitative estimate of drug-likeness (QED) is 0.661.